The van der Waals surface area contributed by atoms with Crippen molar-refractivity contribution in [2.24, 2.45) is 0 Å². The second kappa shape index (κ2) is 13.0. The van der Waals surface area contributed by atoms with Crippen LogP contribution in [0, 0.1) is 0 Å². The third-order valence-corrected chi connectivity index (χ3v) is 5.38. The number of methoxy groups -OCH3 is 1. The van der Waals surface area contributed by atoms with Crippen LogP contribution in [0.5, 0.6) is 0 Å². The molecule has 0 bridgehead atoms. The first-order chi connectivity index (χ1) is 16.1. The Kier molecular flexibility index (Phi) is 10.4. The molecule has 1 amide bonds. The van der Waals surface area contributed by atoms with Crippen LogP contribution in [0.1, 0.15) is 59.8 Å². The van der Waals surface area contributed by atoms with Gasteiger partial charge < -0.3 is 19.1 Å². The minimum atomic E-state index is -0.804. The molecule has 1 atom stereocenters. The summed E-state index contributed by atoms with van der Waals surface area (Å²) in [5, 5.41) is 0. The van der Waals surface area contributed by atoms with E-state index in [4.69, 9.17) is 14.2 Å². The Hall–Kier alpha value is -3.09. The minimum Gasteiger partial charge on any atom is -0.501 e. The lowest BCUT2D eigenvalue weighted by Gasteiger charge is -2.32. The maximum Gasteiger partial charge on any atom is 0.331 e. The van der Waals surface area contributed by atoms with Gasteiger partial charge >= 0.3 is 11.9 Å². The summed E-state index contributed by atoms with van der Waals surface area (Å²) in [6, 6.07) is -0.804. The van der Waals surface area contributed by atoms with Gasteiger partial charge in [-0.2, -0.15) is 0 Å². The van der Waals surface area contributed by atoms with Gasteiger partial charge in [-0.05, 0) is 59.5 Å². The molecule has 0 aromatic rings. The standard InChI is InChI=1S/C27H37NO6/c1-6-33-26(31)23(18-20-10-8-7-9-11-20)28(19-21-12-14-22(32-5)15-13-21)24(29)16-17-25(30)34-27(2,3)4/h7-8,10,12,14,16-17,23H,6,9,11,13,15,18-19H2,1-5H3/b17-16+. The number of esters is 2. The van der Waals surface area contributed by atoms with Crippen molar-refractivity contribution in [3.05, 3.63) is 59.4 Å². The Morgan fingerprint density at radius 3 is 2.38 bits per heavy atom. The first-order valence-electron chi connectivity index (χ1n) is 11.8. The Bertz CT molecular complexity index is 901. The van der Waals surface area contributed by atoms with E-state index in [1.807, 2.05) is 24.3 Å². The van der Waals surface area contributed by atoms with E-state index in [1.54, 1.807) is 34.8 Å². The number of rotatable bonds is 10. The molecule has 2 aliphatic carbocycles. The molecule has 0 spiro atoms. The highest BCUT2D eigenvalue weighted by atomic mass is 16.6. The number of carbonyl (C=O) groups excluding carboxylic acids is 3. The molecule has 0 aromatic carbocycles. The lowest BCUT2D eigenvalue weighted by Crippen LogP contribution is -2.46. The van der Waals surface area contributed by atoms with Gasteiger partial charge in [0.1, 0.15) is 11.6 Å². The van der Waals surface area contributed by atoms with Gasteiger partial charge in [0, 0.05) is 25.1 Å². The molecule has 0 N–H and O–H groups in total. The van der Waals surface area contributed by atoms with Gasteiger partial charge in [-0.25, -0.2) is 9.59 Å². The molecule has 0 aromatic heterocycles. The molecule has 0 saturated carbocycles. The SMILES string of the molecule is CCOC(=O)C(CC1=CC=CCC1)N(CC1=CC=C(OC)CC1)C(=O)/C=C/C(=O)OC(C)(C)C. The average Bonchev–Trinajstić information content (AvgIpc) is 2.80. The fourth-order valence-electron chi connectivity index (χ4n) is 3.72. The molecule has 0 fully saturated rings. The van der Waals surface area contributed by atoms with Crippen LogP contribution in [-0.4, -0.2) is 54.7 Å². The summed E-state index contributed by atoms with van der Waals surface area (Å²) in [6.45, 7) is 7.48. The second-order valence-corrected chi connectivity index (χ2v) is 9.26. The third kappa shape index (κ3) is 9.04. The summed E-state index contributed by atoms with van der Waals surface area (Å²) in [6.07, 6.45) is 15.6. The van der Waals surface area contributed by atoms with Gasteiger partial charge in [0.05, 0.1) is 19.5 Å². The van der Waals surface area contributed by atoms with E-state index >= 15 is 0 Å². The number of allylic oxidation sites excluding steroid dienone is 6. The molecule has 2 aliphatic rings. The monoisotopic (exact) mass is 471 g/mol. The summed E-state index contributed by atoms with van der Waals surface area (Å²) >= 11 is 0. The smallest absolute Gasteiger partial charge is 0.331 e. The second-order valence-electron chi connectivity index (χ2n) is 9.26. The molecular formula is C27H37NO6. The molecule has 34 heavy (non-hydrogen) atoms. The van der Waals surface area contributed by atoms with Crippen molar-refractivity contribution in [1.29, 1.82) is 0 Å². The number of carbonyl (C=O) groups is 3. The van der Waals surface area contributed by atoms with Crippen LogP contribution in [0.2, 0.25) is 0 Å². The molecule has 7 heteroatoms. The number of hydrogen-bond donors (Lipinski definition) is 0. The van der Waals surface area contributed by atoms with Crippen molar-refractivity contribution >= 4 is 17.8 Å². The number of nitrogens with zero attached hydrogens (tertiary/aromatic N) is 1. The van der Waals surface area contributed by atoms with E-state index in [9.17, 15) is 14.4 Å². The topological polar surface area (TPSA) is 82.1 Å². The summed E-state index contributed by atoms with van der Waals surface area (Å²) < 4.78 is 15.9. The first-order valence-corrected chi connectivity index (χ1v) is 11.8. The summed E-state index contributed by atoms with van der Waals surface area (Å²) in [4.78, 5) is 40.0. The fourth-order valence-corrected chi connectivity index (χ4v) is 3.72. The largest absolute Gasteiger partial charge is 0.501 e. The first kappa shape index (κ1) is 27.2. The average molecular weight is 472 g/mol. The quantitative estimate of drug-likeness (QED) is 0.343. The Morgan fingerprint density at radius 1 is 1.06 bits per heavy atom. The zero-order valence-electron chi connectivity index (χ0n) is 21.0. The van der Waals surface area contributed by atoms with E-state index in [0.717, 1.165) is 42.2 Å². The number of hydrogen-bond acceptors (Lipinski definition) is 6. The molecule has 0 radical (unpaired) electrons. The van der Waals surface area contributed by atoms with Crippen LogP contribution < -0.4 is 0 Å². The zero-order valence-corrected chi connectivity index (χ0v) is 21.0. The van der Waals surface area contributed by atoms with Crippen LogP contribution in [-0.2, 0) is 28.6 Å². The van der Waals surface area contributed by atoms with Crippen LogP contribution in [0.15, 0.2) is 59.4 Å². The van der Waals surface area contributed by atoms with E-state index < -0.39 is 29.5 Å². The van der Waals surface area contributed by atoms with Crippen molar-refractivity contribution < 1.29 is 28.6 Å². The molecule has 186 valence electrons. The Labute approximate surface area is 202 Å². The summed E-state index contributed by atoms with van der Waals surface area (Å²) in [5.74, 6) is -0.648. The van der Waals surface area contributed by atoms with E-state index in [-0.39, 0.29) is 13.2 Å². The highest BCUT2D eigenvalue weighted by Gasteiger charge is 2.32. The van der Waals surface area contributed by atoms with Gasteiger partial charge in [-0.1, -0.05) is 35.5 Å². The summed E-state index contributed by atoms with van der Waals surface area (Å²) in [7, 11) is 1.63. The fraction of sp³-hybridized carbons (Fsp3) is 0.519. The molecule has 0 aliphatic heterocycles. The highest BCUT2D eigenvalue weighted by Crippen LogP contribution is 2.25. The Morgan fingerprint density at radius 2 is 1.82 bits per heavy atom. The lowest BCUT2D eigenvalue weighted by atomic mass is 9.96. The van der Waals surface area contributed by atoms with Gasteiger partial charge in [0.15, 0.2) is 0 Å². The van der Waals surface area contributed by atoms with Crippen LogP contribution in [0.4, 0.5) is 0 Å². The highest BCUT2D eigenvalue weighted by molar-refractivity contribution is 5.96. The molecule has 7 nitrogen and oxygen atoms in total. The predicted molar refractivity (Wildman–Crippen MR) is 131 cm³/mol. The van der Waals surface area contributed by atoms with Crippen molar-refractivity contribution in [1.82, 2.24) is 4.90 Å². The molecule has 2 rings (SSSR count). The van der Waals surface area contributed by atoms with E-state index in [2.05, 4.69) is 6.08 Å². The molecule has 0 heterocycles. The maximum absolute atomic E-state index is 13.3. The lowest BCUT2D eigenvalue weighted by molar-refractivity contribution is -0.153. The van der Waals surface area contributed by atoms with Crippen LogP contribution in [0.3, 0.4) is 0 Å². The number of ether oxygens (including phenoxy) is 3. The van der Waals surface area contributed by atoms with Gasteiger partial charge in [0.2, 0.25) is 5.91 Å². The third-order valence-electron chi connectivity index (χ3n) is 5.38. The molecular weight excluding hydrogens is 434 g/mol. The minimum absolute atomic E-state index is 0.215. The van der Waals surface area contributed by atoms with Crippen molar-refractivity contribution in [3.63, 3.8) is 0 Å². The van der Waals surface area contributed by atoms with E-state index in [1.165, 1.54) is 11.0 Å². The van der Waals surface area contributed by atoms with Gasteiger partial charge in [0.25, 0.3) is 0 Å². The molecule has 1 unspecified atom stereocenters. The van der Waals surface area contributed by atoms with Crippen LogP contribution >= 0.6 is 0 Å². The molecule has 0 saturated heterocycles. The predicted octanol–water partition coefficient (Wildman–Crippen LogP) is 4.56. The number of amides is 1. The van der Waals surface area contributed by atoms with Crippen LogP contribution in [0.25, 0.3) is 0 Å². The van der Waals surface area contributed by atoms with Crippen molar-refractivity contribution in [2.75, 3.05) is 20.3 Å². The van der Waals surface area contributed by atoms with E-state index in [0.29, 0.717) is 12.8 Å². The van der Waals surface area contributed by atoms with Gasteiger partial charge in [-0.15, -0.1) is 0 Å². The van der Waals surface area contributed by atoms with Crippen molar-refractivity contribution in [2.45, 2.75) is 71.4 Å². The maximum atomic E-state index is 13.3. The van der Waals surface area contributed by atoms with Crippen molar-refractivity contribution in [3.8, 4) is 0 Å². The normalized spacial score (nSPS) is 16.8. The van der Waals surface area contributed by atoms with Gasteiger partial charge in [-0.3, -0.25) is 4.79 Å². The zero-order chi connectivity index (χ0) is 25.1. The Balaban J connectivity index is 2.34. The summed E-state index contributed by atoms with van der Waals surface area (Å²) in [5.41, 5.74) is 1.40.